The van der Waals surface area contributed by atoms with Gasteiger partial charge in [-0.3, -0.25) is 4.79 Å². The van der Waals surface area contributed by atoms with E-state index in [1.54, 1.807) is 0 Å². The number of ketones is 1. The number of hydrogen-bond donors (Lipinski definition) is 5. The topological polar surface area (TPSA) is 127 Å². The van der Waals surface area contributed by atoms with Crippen molar-refractivity contribution in [3.05, 3.63) is 41.0 Å². The maximum Gasteiger partial charge on any atom is 0.201 e. The minimum Gasteiger partial charge on any atom is -0.504 e. The number of fused-ring (bicyclic) bond motifs is 1. The molecule has 3 rings (SSSR count). The highest BCUT2D eigenvalue weighted by molar-refractivity contribution is 6.16. The third-order valence-electron chi connectivity index (χ3n) is 3.46. The molecule has 2 aromatic carbocycles. The highest BCUT2D eigenvalue weighted by Crippen LogP contribution is 2.45. The molecule has 1 aliphatic rings. The second-order valence-corrected chi connectivity index (χ2v) is 5.00. The molecule has 0 aliphatic carbocycles. The first-order valence-corrected chi connectivity index (χ1v) is 6.56. The van der Waals surface area contributed by atoms with E-state index in [2.05, 4.69) is 0 Å². The van der Waals surface area contributed by atoms with Gasteiger partial charge in [-0.1, -0.05) is 6.07 Å². The van der Waals surface area contributed by atoms with Gasteiger partial charge in [0.05, 0.1) is 0 Å². The predicted octanol–water partition coefficient (Wildman–Crippen LogP) is 1.87. The number of ether oxygens (including phenoxy) is 1. The van der Waals surface area contributed by atoms with E-state index in [9.17, 15) is 30.3 Å². The molecule has 1 aliphatic heterocycles. The highest BCUT2D eigenvalue weighted by Gasteiger charge is 2.30. The summed E-state index contributed by atoms with van der Waals surface area (Å²) >= 11 is 0. The summed E-state index contributed by atoms with van der Waals surface area (Å²) in [6, 6.07) is 5.06. The Labute approximate surface area is 129 Å². The SMILES string of the molecule is O=C1C(=Cc2ccc(O)c(O)c2)COc2cc(O)c(O)c(O)c21. The normalized spacial score (nSPS) is 15.3. The van der Waals surface area contributed by atoms with E-state index in [1.165, 1.54) is 24.3 Å². The zero-order valence-corrected chi connectivity index (χ0v) is 11.6. The average Bonchev–Trinajstić information content (AvgIpc) is 2.51. The van der Waals surface area contributed by atoms with Gasteiger partial charge in [0.25, 0.3) is 0 Å². The zero-order valence-electron chi connectivity index (χ0n) is 11.6. The molecule has 0 unspecified atom stereocenters. The van der Waals surface area contributed by atoms with E-state index in [0.717, 1.165) is 6.07 Å². The Kier molecular flexibility index (Phi) is 3.25. The van der Waals surface area contributed by atoms with Crippen LogP contribution in [0.5, 0.6) is 34.5 Å². The van der Waals surface area contributed by atoms with E-state index in [1.807, 2.05) is 0 Å². The molecule has 0 radical (unpaired) electrons. The highest BCUT2D eigenvalue weighted by atomic mass is 16.5. The Morgan fingerprint density at radius 1 is 0.913 bits per heavy atom. The molecule has 7 nitrogen and oxygen atoms in total. The van der Waals surface area contributed by atoms with Gasteiger partial charge in [0, 0.05) is 11.6 Å². The number of phenols is 5. The zero-order chi connectivity index (χ0) is 16.7. The number of Topliss-reactive ketones (excluding diaryl/α,β-unsaturated/α-hetero) is 1. The third kappa shape index (κ3) is 2.38. The van der Waals surface area contributed by atoms with Crippen molar-refractivity contribution in [1.29, 1.82) is 0 Å². The Hall–Kier alpha value is -3.35. The fraction of sp³-hybridized carbons (Fsp3) is 0.0625. The summed E-state index contributed by atoms with van der Waals surface area (Å²) in [5.41, 5.74) is 0.363. The van der Waals surface area contributed by atoms with Crippen LogP contribution in [-0.2, 0) is 0 Å². The molecule has 118 valence electrons. The van der Waals surface area contributed by atoms with Crippen LogP contribution in [0.3, 0.4) is 0 Å². The van der Waals surface area contributed by atoms with Crippen LogP contribution in [0.1, 0.15) is 15.9 Å². The van der Waals surface area contributed by atoms with Gasteiger partial charge in [-0.15, -0.1) is 0 Å². The molecule has 2 aromatic rings. The largest absolute Gasteiger partial charge is 0.504 e. The lowest BCUT2D eigenvalue weighted by Crippen LogP contribution is -2.19. The van der Waals surface area contributed by atoms with E-state index in [-0.39, 0.29) is 35.0 Å². The van der Waals surface area contributed by atoms with Gasteiger partial charge in [0.2, 0.25) is 5.75 Å². The minimum atomic E-state index is -0.802. The maximum absolute atomic E-state index is 12.4. The lowest BCUT2D eigenvalue weighted by molar-refractivity contribution is 0.0996. The summed E-state index contributed by atoms with van der Waals surface area (Å²) in [6.45, 7) is -0.114. The molecule has 0 atom stereocenters. The van der Waals surface area contributed by atoms with Crippen molar-refractivity contribution in [3.63, 3.8) is 0 Å². The molecular weight excluding hydrogens is 304 g/mol. The first-order chi connectivity index (χ1) is 10.9. The quantitative estimate of drug-likeness (QED) is 0.401. The molecule has 0 saturated carbocycles. The van der Waals surface area contributed by atoms with Crippen molar-refractivity contribution in [2.45, 2.75) is 0 Å². The van der Waals surface area contributed by atoms with Gasteiger partial charge in [0.15, 0.2) is 28.8 Å². The van der Waals surface area contributed by atoms with Crippen molar-refractivity contribution < 1.29 is 35.1 Å². The smallest absolute Gasteiger partial charge is 0.201 e. The van der Waals surface area contributed by atoms with Crippen LogP contribution in [0.25, 0.3) is 6.08 Å². The third-order valence-corrected chi connectivity index (χ3v) is 3.46. The van der Waals surface area contributed by atoms with Gasteiger partial charge in [-0.05, 0) is 23.8 Å². The molecule has 23 heavy (non-hydrogen) atoms. The van der Waals surface area contributed by atoms with Gasteiger partial charge >= 0.3 is 0 Å². The van der Waals surface area contributed by atoms with E-state index >= 15 is 0 Å². The molecule has 0 amide bonds. The predicted molar refractivity (Wildman–Crippen MR) is 79.0 cm³/mol. The molecular formula is C16H12O7. The second-order valence-electron chi connectivity index (χ2n) is 5.00. The summed E-state index contributed by atoms with van der Waals surface area (Å²) in [7, 11) is 0. The first kappa shape index (κ1) is 14.6. The van der Waals surface area contributed by atoms with Gasteiger partial charge in [-0.2, -0.15) is 0 Å². The van der Waals surface area contributed by atoms with Gasteiger partial charge in [-0.25, -0.2) is 0 Å². The van der Waals surface area contributed by atoms with Crippen molar-refractivity contribution >= 4 is 11.9 Å². The second kappa shape index (κ2) is 5.13. The van der Waals surface area contributed by atoms with E-state index in [0.29, 0.717) is 5.56 Å². The summed E-state index contributed by atoms with van der Waals surface area (Å²) in [5.74, 6) is -3.39. The number of rotatable bonds is 1. The molecule has 0 bridgehead atoms. The maximum atomic E-state index is 12.4. The van der Waals surface area contributed by atoms with E-state index in [4.69, 9.17) is 4.74 Å². The van der Waals surface area contributed by atoms with Crippen LogP contribution in [0.4, 0.5) is 0 Å². The molecule has 7 heteroatoms. The lowest BCUT2D eigenvalue weighted by Gasteiger charge is -2.20. The van der Waals surface area contributed by atoms with Crippen LogP contribution < -0.4 is 4.74 Å². The standard InChI is InChI=1S/C16H12O7/c17-9-2-1-7(4-10(9)18)3-8-6-23-12-5-11(19)15(21)16(22)13(12)14(8)20/h1-5,17-19,21-22H,6H2. The molecule has 0 fully saturated rings. The molecule has 0 saturated heterocycles. The molecule has 0 aromatic heterocycles. The summed E-state index contributed by atoms with van der Waals surface area (Å²) in [4.78, 5) is 12.4. The minimum absolute atomic E-state index is 0.0338. The number of aromatic hydroxyl groups is 5. The summed E-state index contributed by atoms with van der Waals surface area (Å²) in [5, 5.41) is 47.6. The van der Waals surface area contributed by atoms with Crippen molar-refractivity contribution in [2.75, 3.05) is 6.61 Å². The van der Waals surface area contributed by atoms with Crippen LogP contribution in [-0.4, -0.2) is 37.9 Å². The van der Waals surface area contributed by atoms with Crippen molar-refractivity contribution in [1.82, 2.24) is 0 Å². The first-order valence-electron chi connectivity index (χ1n) is 6.56. The van der Waals surface area contributed by atoms with Crippen molar-refractivity contribution in [2.24, 2.45) is 0 Å². The number of carbonyl (C=O) groups is 1. The van der Waals surface area contributed by atoms with Gasteiger partial charge in [0.1, 0.15) is 17.9 Å². The monoisotopic (exact) mass is 316 g/mol. The number of phenolic OH excluding ortho intramolecular Hbond substituents is 5. The Bertz CT molecular complexity index is 852. The van der Waals surface area contributed by atoms with Crippen LogP contribution in [0.2, 0.25) is 0 Å². The fourth-order valence-electron chi connectivity index (χ4n) is 2.27. The molecule has 5 N–H and O–H groups in total. The van der Waals surface area contributed by atoms with Crippen LogP contribution >= 0.6 is 0 Å². The molecule has 0 spiro atoms. The molecule has 1 heterocycles. The summed E-state index contributed by atoms with van der Waals surface area (Å²) in [6.07, 6.45) is 1.42. The average molecular weight is 316 g/mol. The lowest BCUT2D eigenvalue weighted by atomic mass is 9.97. The fourth-order valence-corrected chi connectivity index (χ4v) is 2.27. The number of hydrogen-bond acceptors (Lipinski definition) is 7. The Balaban J connectivity index is 2.05. The van der Waals surface area contributed by atoms with E-state index < -0.39 is 23.0 Å². The van der Waals surface area contributed by atoms with Crippen LogP contribution in [0.15, 0.2) is 29.8 Å². The van der Waals surface area contributed by atoms with Gasteiger partial charge < -0.3 is 30.3 Å². The van der Waals surface area contributed by atoms with Crippen LogP contribution in [0, 0.1) is 0 Å². The number of carbonyl (C=O) groups excluding carboxylic acids is 1. The Morgan fingerprint density at radius 2 is 1.65 bits per heavy atom. The van der Waals surface area contributed by atoms with Crippen molar-refractivity contribution in [3.8, 4) is 34.5 Å². The number of benzene rings is 2. The summed E-state index contributed by atoms with van der Waals surface area (Å²) < 4.78 is 5.32. The Morgan fingerprint density at radius 3 is 2.35 bits per heavy atom.